The number of rotatable bonds is 3. The molecule has 6 heteroatoms. The van der Waals surface area contributed by atoms with Gasteiger partial charge in [0.1, 0.15) is 11.3 Å². The molecule has 0 spiro atoms. The lowest BCUT2D eigenvalue weighted by atomic mass is 10.0. The maximum Gasteiger partial charge on any atom is 0.212 e. The van der Waals surface area contributed by atoms with E-state index in [-0.39, 0.29) is 5.78 Å². The molecule has 0 radical (unpaired) electrons. The van der Waals surface area contributed by atoms with E-state index in [1.165, 1.54) is 18.3 Å². The number of halogens is 2. The van der Waals surface area contributed by atoms with E-state index in [4.69, 9.17) is 10.2 Å². The van der Waals surface area contributed by atoms with Crippen molar-refractivity contribution in [2.45, 2.75) is 13.3 Å². The normalized spacial score (nSPS) is 11.0. The van der Waals surface area contributed by atoms with Crippen LogP contribution in [0.15, 0.2) is 39.4 Å². The smallest absolute Gasteiger partial charge is 0.212 e. The van der Waals surface area contributed by atoms with Crippen LogP contribution in [0.3, 0.4) is 0 Å². The van der Waals surface area contributed by atoms with Gasteiger partial charge >= 0.3 is 0 Å². The highest BCUT2D eigenvalue weighted by molar-refractivity contribution is 9.10. The summed E-state index contributed by atoms with van der Waals surface area (Å²) in [5, 5.41) is 0.673. The molecule has 0 bridgehead atoms. The summed E-state index contributed by atoms with van der Waals surface area (Å²) >= 11 is 3.36. The van der Waals surface area contributed by atoms with E-state index in [0.717, 1.165) is 0 Å². The number of furan rings is 1. The first kappa shape index (κ1) is 14.7. The molecule has 0 aliphatic carbocycles. The first-order valence-electron chi connectivity index (χ1n) is 6.68. The van der Waals surface area contributed by atoms with Gasteiger partial charge in [0.25, 0.3) is 0 Å². The predicted molar refractivity (Wildman–Crippen MR) is 86.1 cm³/mol. The third kappa shape index (κ3) is 2.39. The number of hydrogen-bond acceptors (Lipinski definition) is 4. The highest BCUT2D eigenvalue weighted by atomic mass is 79.9. The Balaban J connectivity index is 2.33. The van der Waals surface area contributed by atoms with Crippen LogP contribution >= 0.6 is 15.9 Å². The summed E-state index contributed by atoms with van der Waals surface area (Å²) in [4.78, 5) is 16.0. The number of nitrogens with zero attached hydrogens (tertiary/aromatic N) is 1. The molecule has 0 fully saturated rings. The van der Waals surface area contributed by atoms with Crippen molar-refractivity contribution in [2.24, 2.45) is 0 Å². The van der Waals surface area contributed by atoms with Gasteiger partial charge in [-0.3, -0.25) is 4.79 Å². The number of Topliss-reactive ketones (excluding diaryl/α,β-unsaturated/α-hetero) is 1. The molecular formula is C16H12BrFN2O2. The molecule has 112 valence electrons. The zero-order valence-corrected chi connectivity index (χ0v) is 13.3. The summed E-state index contributed by atoms with van der Waals surface area (Å²) in [7, 11) is 0. The van der Waals surface area contributed by atoms with Gasteiger partial charge in [-0.05, 0) is 34.1 Å². The van der Waals surface area contributed by atoms with Gasteiger partial charge in [0.2, 0.25) is 5.95 Å². The SMILES string of the molecule is CCC(=O)c1c(-c2ccc(F)nc2)oc2cc(N)c(Br)cc12. The number of benzene rings is 1. The number of hydrogen-bond donors (Lipinski definition) is 1. The predicted octanol–water partition coefficient (Wildman–Crippen LogP) is 4.57. The van der Waals surface area contributed by atoms with Crippen LogP contribution in [-0.2, 0) is 0 Å². The van der Waals surface area contributed by atoms with Gasteiger partial charge in [-0.2, -0.15) is 4.39 Å². The van der Waals surface area contributed by atoms with Crippen LogP contribution in [0.25, 0.3) is 22.3 Å². The van der Waals surface area contributed by atoms with E-state index in [0.29, 0.717) is 44.4 Å². The molecule has 3 aromatic rings. The van der Waals surface area contributed by atoms with Crippen LogP contribution in [0.5, 0.6) is 0 Å². The molecule has 2 heterocycles. The number of ketones is 1. The fraction of sp³-hybridized carbons (Fsp3) is 0.125. The lowest BCUT2D eigenvalue weighted by Gasteiger charge is -2.01. The number of anilines is 1. The van der Waals surface area contributed by atoms with Crippen molar-refractivity contribution < 1.29 is 13.6 Å². The van der Waals surface area contributed by atoms with Crippen molar-refractivity contribution in [3.63, 3.8) is 0 Å². The summed E-state index contributed by atoms with van der Waals surface area (Å²) in [6, 6.07) is 6.18. The largest absolute Gasteiger partial charge is 0.455 e. The average Bonchev–Trinajstić information content (AvgIpc) is 2.86. The highest BCUT2D eigenvalue weighted by Crippen LogP contribution is 2.37. The van der Waals surface area contributed by atoms with Gasteiger partial charge in [0, 0.05) is 39.8 Å². The van der Waals surface area contributed by atoms with Gasteiger partial charge in [0.05, 0.1) is 5.56 Å². The molecule has 0 atom stereocenters. The first-order valence-corrected chi connectivity index (χ1v) is 7.47. The van der Waals surface area contributed by atoms with Crippen LogP contribution in [0.4, 0.5) is 10.1 Å². The van der Waals surface area contributed by atoms with Crippen LogP contribution in [0, 0.1) is 5.95 Å². The molecule has 0 saturated heterocycles. The number of nitrogen functional groups attached to an aromatic ring is 1. The zero-order valence-electron chi connectivity index (χ0n) is 11.7. The molecule has 1 aromatic carbocycles. The number of pyridine rings is 1. The van der Waals surface area contributed by atoms with Gasteiger partial charge in [-0.25, -0.2) is 4.98 Å². The van der Waals surface area contributed by atoms with Gasteiger partial charge in [0.15, 0.2) is 5.78 Å². The molecule has 22 heavy (non-hydrogen) atoms. The highest BCUT2D eigenvalue weighted by Gasteiger charge is 2.22. The maximum absolute atomic E-state index is 13.0. The summed E-state index contributed by atoms with van der Waals surface area (Å²) < 4.78 is 19.5. The molecular weight excluding hydrogens is 351 g/mol. The Morgan fingerprint density at radius 1 is 1.41 bits per heavy atom. The van der Waals surface area contributed by atoms with E-state index in [1.807, 2.05) is 0 Å². The van der Waals surface area contributed by atoms with E-state index < -0.39 is 5.95 Å². The van der Waals surface area contributed by atoms with E-state index in [1.54, 1.807) is 19.1 Å². The molecule has 0 saturated carbocycles. The zero-order chi connectivity index (χ0) is 15.9. The van der Waals surface area contributed by atoms with Crippen LogP contribution in [0.1, 0.15) is 23.7 Å². The fourth-order valence-electron chi connectivity index (χ4n) is 2.30. The van der Waals surface area contributed by atoms with Crippen molar-refractivity contribution in [2.75, 3.05) is 5.73 Å². The second kappa shape index (κ2) is 5.53. The summed E-state index contributed by atoms with van der Waals surface area (Å²) in [5.41, 5.74) is 7.89. The third-order valence-corrected chi connectivity index (χ3v) is 4.08. The molecule has 3 rings (SSSR count). The topological polar surface area (TPSA) is 69.1 Å². The standard InChI is InChI=1S/C16H12BrFN2O2/c1-2-12(21)15-9-5-10(17)11(19)6-13(9)22-16(15)8-3-4-14(18)20-7-8/h3-7H,2,19H2,1H3. The van der Waals surface area contributed by atoms with Gasteiger partial charge in [-0.1, -0.05) is 6.92 Å². The fourth-order valence-corrected chi connectivity index (χ4v) is 2.64. The van der Waals surface area contributed by atoms with E-state index in [2.05, 4.69) is 20.9 Å². The average molecular weight is 363 g/mol. The summed E-state index contributed by atoms with van der Waals surface area (Å²) in [6.45, 7) is 1.78. The summed E-state index contributed by atoms with van der Waals surface area (Å²) in [5.74, 6) is -0.267. The Labute approximate surface area is 134 Å². The van der Waals surface area contributed by atoms with Gasteiger partial charge < -0.3 is 10.2 Å². The van der Waals surface area contributed by atoms with Crippen molar-refractivity contribution in [1.82, 2.24) is 4.98 Å². The van der Waals surface area contributed by atoms with Crippen LogP contribution < -0.4 is 5.73 Å². The monoisotopic (exact) mass is 362 g/mol. The van der Waals surface area contributed by atoms with Crippen molar-refractivity contribution in [1.29, 1.82) is 0 Å². The second-order valence-electron chi connectivity index (χ2n) is 4.82. The number of nitrogens with two attached hydrogens (primary N) is 1. The Bertz CT molecular complexity index is 872. The van der Waals surface area contributed by atoms with Crippen molar-refractivity contribution in [3.05, 3.63) is 46.4 Å². The number of fused-ring (bicyclic) bond motifs is 1. The quantitative estimate of drug-likeness (QED) is 0.420. The lowest BCUT2D eigenvalue weighted by Crippen LogP contribution is -1.98. The molecule has 2 aromatic heterocycles. The van der Waals surface area contributed by atoms with Gasteiger partial charge in [-0.15, -0.1) is 0 Å². The van der Waals surface area contributed by atoms with Crippen LogP contribution in [-0.4, -0.2) is 10.8 Å². The molecule has 0 amide bonds. The van der Waals surface area contributed by atoms with Crippen molar-refractivity contribution in [3.8, 4) is 11.3 Å². The van der Waals surface area contributed by atoms with E-state index in [9.17, 15) is 9.18 Å². The Hall–Kier alpha value is -2.21. The Morgan fingerprint density at radius 3 is 2.82 bits per heavy atom. The number of carbonyl (C=O) groups excluding carboxylic acids is 1. The minimum absolute atomic E-state index is 0.0604. The maximum atomic E-state index is 13.0. The molecule has 0 aliphatic rings. The summed E-state index contributed by atoms with van der Waals surface area (Å²) in [6.07, 6.45) is 1.68. The number of aromatic nitrogens is 1. The molecule has 0 aliphatic heterocycles. The second-order valence-corrected chi connectivity index (χ2v) is 5.68. The minimum Gasteiger partial charge on any atom is -0.455 e. The Morgan fingerprint density at radius 2 is 2.18 bits per heavy atom. The third-order valence-electron chi connectivity index (χ3n) is 3.40. The van der Waals surface area contributed by atoms with Crippen molar-refractivity contribution >= 4 is 38.4 Å². The van der Waals surface area contributed by atoms with Crippen LogP contribution in [0.2, 0.25) is 0 Å². The molecule has 0 unspecified atom stereocenters. The number of carbonyl (C=O) groups is 1. The lowest BCUT2D eigenvalue weighted by molar-refractivity contribution is 0.0989. The molecule has 2 N–H and O–H groups in total. The molecule has 4 nitrogen and oxygen atoms in total. The minimum atomic E-state index is -0.588. The Kier molecular flexibility index (Phi) is 3.70. The first-order chi connectivity index (χ1) is 10.5. The van der Waals surface area contributed by atoms with E-state index >= 15 is 0 Å².